The Morgan fingerprint density at radius 2 is 2.10 bits per heavy atom. The van der Waals surface area contributed by atoms with Gasteiger partial charge in [-0.1, -0.05) is 22.0 Å². The van der Waals surface area contributed by atoms with E-state index in [1.807, 2.05) is 30.5 Å². The molecule has 0 radical (unpaired) electrons. The van der Waals surface area contributed by atoms with Crippen LogP contribution in [0.15, 0.2) is 57.6 Å². The van der Waals surface area contributed by atoms with Crippen LogP contribution in [0.2, 0.25) is 0 Å². The minimum absolute atomic E-state index is 0.592. The normalized spacial score (nSPS) is 11.5. The van der Waals surface area contributed by atoms with Gasteiger partial charge < -0.3 is 14.7 Å². The Kier molecular flexibility index (Phi) is 2.75. The van der Waals surface area contributed by atoms with Gasteiger partial charge in [0.15, 0.2) is 5.58 Å². The first-order chi connectivity index (χ1) is 10.2. The number of oxazole rings is 1. The summed E-state index contributed by atoms with van der Waals surface area (Å²) in [5.74, 6) is 0.674. The molecule has 104 valence electrons. The Morgan fingerprint density at radius 3 is 3.00 bits per heavy atom. The molecular weight excluding hydrogens is 330 g/mol. The molecule has 2 aromatic carbocycles. The zero-order chi connectivity index (χ0) is 14.4. The van der Waals surface area contributed by atoms with Gasteiger partial charge in [-0.25, -0.2) is 4.98 Å². The molecule has 2 heterocycles. The van der Waals surface area contributed by atoms with Crippen LogP contribution in [0.4, 0.5) is 5.69 Å². The molecule has 0 fully saturated rings. The third kappa shape index (κ3) is 2.10. The van der Waals surface area contributed by atoms with Gasteiger partial charge in [-0.2, -0.15) is 0 Å². The van der Waals surface area contributed by atoms with Gasteiger partial charge in [-0.15, -0.1) is 0 Å². The summed E-state index contributed by atoms with van der Waals surface area (Å²) in [7, 11) is 0. The van der Waals surface area contributed by atoms with Crippen LogP contribution in [0.5, 0.6) is 0 Å². The third-order valence-electron chi connectivity index (χ3n) is 3.52. The van der Waals surface area contributed by atoms with Crippen molar-refractivity contribution in [2.45, 2.75) is 6.54 Å². The number of nitrogens with zero attached hydrogens (tertiary/aromatic N) is 2. The van der Waals surface area contributed by atoms with Crippen molar-refractivity contribution in [2.24, 2.45) is 0 Å². The zero-order valence-corrected chi connectivity index (χ0v) is 12.7. The molecule has 0 aliphatic rings. The minimum Gasteiger partial charge on any atom is -0.439 e. The fraction of sp³-hybridized carbons (Fsp3) is 0.0625. The van der Waals surface area contributed by atoms with Gasteiger partial charge in [0.25, 0.3) is 0 Å². The summed E-state index contributed by atoms with van der Waals surface area (Å²) in [6.45, 7) is 0.592. The number of nitrogen functional groups attached to an aromatic ring is 1. The Morgan fingerprint density at radius 1 is 1.19 bits per heavy atom. The average Bonchev–Trinajstić information content (AvgIpc) is 3.04. The van der Waals surface area contributed by atoms with E-state index in [1.54, 1.807) is 6.07 Å². The zero-order valence-electron chi connectivity index (χ0n) is 11.1. The summed E-state index contributed by atoms with van der Waals surface area (Å²) in [6, 6.07) is 13.7. The fourth-order valence-electron chi connectivity index (χ4n) is 2.53. The number of fused-ring (bicyclic) bond motifs is 2. The molecule has 21 heavy (non-hydrogen) atoms. The first-order valence-corrected chi connectivity index (χ1v) is 7.38. The van der Waals surface area contributed by atoms with Crippen molar-refractivity contribution in [3.05, 3.63) is 59.0 Å². The molecule has 2 N–H and O–H groups in total. The molecule has 0 unspecified atom stereocenters. The van der Waals surface area contributed by atoms with E-state index in [0.717, 1.165) is 21.1 Å². The number of benzene rings is 2. The fourth-order valence-corrected chi connectivity index (χ4v) is 3.01. The SMILES string of the molecule is Nc1ccc2nc(Cn3ccc4c(Br)cccc43)oc2c1. The highest BCUT2D eigenvalue weighted by molar-refractivity contribution is 9.10. The van der Waals surface area contributed by atoms with Crippen molar-refractivity contribution in [1.29, 1.82) is 0 Å². The molecule has 4 nitrogen and oxygen atoms in total. The van der Waals surface area contributed by atoms with Crippen molar-refractivity contribution >= 4 is 43.6 Å². The maximum atomic E-state index is 5.78. The second kappa shape index (κ2) is 4.63. The van der Waals surface area contributed by atoms with Crippen molar-refractivity contribution in [3.63, 3.8) is 0 Å². The molecule has 0 saturated heterocycles. The third-order valence-corrected chi connectivity index (χ3v) is 4.21. The summed E-state index contributed by atoms with van der Waals surface area (Å²) < 4.78 is 8.98. The maximum Gasteiger partial charge on any atom is 0.215 e. The Labute approximate surface area is 129 Å². The summed E-state index contributed by atoms with van der Waals surface area (Å²) in [5, 5.41) is 1.18. The molecule has 0 saturated carbocycles. The highest BCUT2D eigenvalue weighted by Gasteiger charge is 2.09. The topological polar surface area (TPSA) is 57.0 Å². The van der Waals surface area contributed by atoms with E-state index in [9.17, 15) is 0 Å². The Bertz CT molecular complexity index is 955. The summed E-state index contributed by atoms with van der Waals surface area (Å²) in [5.41, 5.74) is 9.14. The first-order valence-electron chi connectivity index (χ1n) is 6.59. The highest BCUT2D eigenvalue weighted by Crippen LogP contribution is 2.26. The van der Waals surface area contributed by atoms with Crippen LogP contribution in [0.25, 0.3) is 22.0 Å². The van der Waals surface area contributed by atoms with Gasteiger partial charge >= 0.3 is 0 Å². The predicted molar refractivity (Wildman–Crippen MR) is 87.2 cm³/mol. The van der Waals surface area contributed by atoms with E-state index >= 15 is 0 Å². The van der Waals surface area contributed by atoms with Crippen molar-refractivity contribution in [1.82, 2.24) is 9.55 Å². The largest absolute Gasteiger partial charge is 0.439 e. The van der Waals surface area contributed by atoms with E-state index in [2.05, 4.69) is 37.6 Å². The molecule has 4 aromatic rings. The predicted octanol–water partition coefficient (Wildman–Crippen LogP) is 4.18. The molecular formula is C16H12BrN3O. The number of hydrogen-bond acceptors (Lipinski definition) is 3. The number of halogens is 1. The number of anilines is 1. The second-order valence-corrected chi connectivity index (χ2v) is 5.81. The lowest BCUT2D eigenvalue weighted by molar-refractivity contribution is 0.513. The highest BCUT2D eigenvalue weighted by atomic mass is 79.9. The van der Waals surface area contributed by atoms with E-state index in [-0.39, 0.29) is 0 Å². The lowest BCUT2D eigenvalue weighted by Crippen LogP contribution is -1.97. The van der Waals surface area contributed by atoms with E-state index in [1.165, 1.54) is 5.39 Å². The van der Waals surface area contributed by atoms with Crippen molar-refractivity contribution < 1.29 is 4.42 Å². The van der Waals surface area contributed by atoms with Gasteiger partial charge in [0.1, 0.15) is 5.52 Å². The van der Waals surface area contributed by atoms with E-state index < -0.39 is 0 Å². The molecule has 2 aromatic heterocycles. The first kappa shape index (κ1) is 12.5. The molecule has 0 atom stereocenters. The van der Waals surface area contributed by atoms with Crippen LogP contribution in [-0.4, -0.2) is 9.55 Å². The smallest absolute Gasteiger partial charge is 0.215 e. The van der Waals surface area contributed by atoms with Crippen molar-refractivity contribution in [3.8, 4) is 0 Å². The lowest BCUT2D eigenvalue weighted by Gasteiger charge is -2.02. The quantitative estimate of drug-likeness (QED) is 0.556. The van der Waals surface area contributed by atoms with Gasteiger partial charge in [-0.3, -0.25) is 0 Å². The van der Waals surface area contributed by atoms with E-state index in [4.69, 9.17) is 10.2 Å². The number of nitrogens with two attached hydrogens (primary N) is 1. The standard InChI is InChI=1S/C16H12BrN3O/c17-12-2-1-3-14-11(12)6-7-20(14)9-16-19-13-5-4-10(18)8-15(13)21-16/h1-8H,9,18H2. The molecule has 0 bridgehead atoms. The van der Waals surface area contributed by atoms with Crippen molar-refractivity contribution in [2.75, 3.05) is 5.73 Å². The number of hydrogen-bond donors (Lipinski definition) is 1. The number of aromatic nitrogens is 2. The summed E-state index contributed by atoms with van der Waals surface area (Å²) in [4.78, 5) is 4.50. The molecule has 4 rings (SSSR count). The van der Waals surface area contributed by atoms with Crippen LogP contribution in [0.3, 0.4) is 0 Å². The Hall–Kier alpha value is -2.27. The van der Waals surface area contributed by atoms with Crippen LogP contribution in [-0.2, 0) is 6.54 Å². The summed E-state index contributed by atoms with van der Waals surface area (Å²) in [6.07, 6.45) is 2.04. The maximum absolute atomic E-state index is 5.78. The van der Waals surface area contributed by atoms with E-state index in [0.29, 0.717) is 18.1 Å². The van der Waals surface area contributed by atoms with Gasteiger partial charge in [0.05, 0.1) is 6.54 Å². The van der Waals surface area contributed by atoms with Gasteiger partial charge in [0.2, 0.25) is 5.89 Å². The van der Waals surface area contributed by atoms with Crippen LogP contribution < -0.4 is 5.73 Å². The van der Waals surface area contributed by atoms with Crippen LogP contribution >= 0.6 is 15.9 Å². The van der Waals surface area contributed by atoms with Crippen LogP contribution in [0.1, 0.15) is 5.89 Å². The molecule has 0 spiro atoms. The number of rotatable bonds is 2. The van der Waals surface area contributed by atoms with Gasteiger partial charge in [-0.05, 0) is 30.3 Å². The molecule has 0 aliphatic carbocycles. The minimum atomic E-state index is 0.592. The second-order valence-electron chi connectivity index (χ2n) is 4.95. The lowest BCUT2D eigenvalue weighted by atomic mass is 10.2. The molecule has 0 amide bonds. The molecule has 5 heteroatoms. The summed E-state index contributed by atoms with van der Waals surface area (Å²) >= 11 is 3.57. The average molecular weight is 342 g/mol. The monoisotopic (exact) mass is 341 g/mol. The van der Waals surface area contributed by atoms with Crippen LogP contribution in [0, 0.1) is 0 Å². The Balaban J connectivity index is 1.77. The van der Waals surface area contributed by atoms with Gasteiger partial charge in [0, 0.05) is 33.3 Å². The molecule has 0 aliphatic heterocycles.